The highest BCUT2D eigenvalue weighted by Gasteiger charge is 2.12. The number of hydrogen-bond acceptors (Lipinski definition) is 2. The van der Waals surface area contributed by atoms with Crippen molar-refractivity contribution in [1.82, 2.24) is 0 Å². The standard InChI is InChI=1S/C18H22FNO/c1-12(2)15-7-5-6-8-17(15)20-13(3)14-9-10-16(19)18(11-14)21-4/h5-13,20H,1-4H3. The van der Waals surface area contributed by atoms with Gasteiger partial charge in [0, 0.05) is 11.7 Å². The lowest BCUT2D eigenvalue weighted by Crippen LogP contribution is -2.09. The van der Waals surface area contributed by atoms with Gasteiger partial charge in [0.25, 0.3) is 0 Å². The fourth-order valence-corrected chi connectivity index (χ4v) is 2.39. The van der Waals surface area contributed by atoms with E-state index in [4.69, 9.17) is 4.74 Å². The van der Waals surface area contributed by atoms with E-state index in [9.17, 15) is 4.39 Å². The molecule has 2 aromatic rings. The van der Waals surface area contributed by atoms with Gasteiger partial charge >= 0.3 is 0 Å². The number of nitrogens with one attached hydrogen (secondary N) is 1. The van der Waals surface area contributed by atoms with Crippen molar-refractivity contribution >= 4 is 5.69 Å². The Bertz CT molecular complexity index is 610. The summed E-state index contributed by atoms with van der Waals surface area (Å²) in [4.78, 5) is 0. The van der Waals surface area contributed by atoms with Gasteiger partial charge < -0.3 is 10.1 Å². The molecule has 0 aliphatic carbocycles. The SMILES string of the molecule is COc1cc(C(C)Nc2ccccc2C(C)C)ccc1F. The van der Waals surface area contributed by atoms with Crippen LogP contribution in [0.3, 0.4) is 0 Å². The highest BCUT2D eigenvalue weighted by molar-refractivity contribution is 5.54. The molecule has 0 aliphatic heterocycles. The number of ether oxygens (including phenoxy) is 1. The molecule has 2 nitrogen and oxygen atoms in total. The Balaban J connectivity index is 2.24. The van der Waals surface area contributed by atoms with Crippen LogP contribution in [0.15, 0.2) is 42.5 Å². The van der Waals surface area contributed by atoms with Crippen molar-refractivity contribution in [2.75, 3.05) is 12.4 Å². The van der Waals surface area contributed by atoms with Crippen molar-refractivity contribution in [2.45, 2.75) is 32.7 Å². The van der Waals surface area contributed by atoms with Crippen LogP contribution in [0, 0.1) is 5.82 Å². The summed E-state index contributed by atoms with van der Waals surface area (Å²) in [6.07, 6.45) is 0. The highest BCUT2D eigenvalue weighted by atomic mass is 19.1. The second kappa shape index (κ2) is 6.61. The van der Waals surface area contributed by atoms with Crippen molar-refractivity contribution in [2.24, 2.45) is 0 Å². The smallest absolute Gasteiger partial charge is 0.165 e. The van der Waals surface area contributed by atoms with Crippen LogP contribution >= 0.6 is 0 Å². The van der Waals surface area contributed by atoms with Gasteiger partial charge in [0.1, 0.15) is 0 Å². The molecule has 0 aromatic heterocycles. The van der Waals surface area contributed by atoms with E-state index in [1.165, 1.54) is 18.7 Å². The third-order valence-electron chi connectivity index (χ3n) is 3.63. The normalized spacial score (nSPS) is 12.3. The largest absolute Gasteiger partial charge is 0.494 e. The van der Waals surface area contributed by atoms with Crippen LogP contribution in [0.2, 0.25) is 0 Å². The fraction of sp³-hybridized carbons (Fsp3) is 0.333. The van der Waals surface area contributed by atoms with E-state index in [0.717, 1.165) is 11.3 Å². The molecule has 21 heavy (non-hydrogen) atoms. The summed E-state index contributed by atoms with van der Waals surface area (Å²) in [5, 5.41) is 3.50. The van der Waals surface area contributed by atoms with Gasteiger partial charge in [-0.15, -0.1) is 0 Å². The number of methoxy groups -OCH3 is 1. The molecule has 0 saturated carbocycles. The highest BCUT2D eigenvalue weighted by Crippen LogP contribution is 2.29. The predicted octanol–water partition coefficient (Wildman–Crippen LogP) is 5.13. The van der Waals surface area contributed by atoms with Gasteiger partial charge in [0.15, 0.2) is 11.6 Å². The van der Waals surface area contributed by atoms with Crippen molar-refractivity contribution in [3.05, 3.63) is 59.4 Å². The molecular formula is C18H22FNO. The van der Waals surface area contributed by atoms with E-state index in [0.29, 0.717) is 5.92 Å². The van der Waals surface area contributed by atoms with Gasteiger partial charge in [-0.2, -0.15) is 0 Å². The first kappa shape index (κ1) is 15.4. The molecule has 0 radical (unpaired) electrons. The number of halogens is 1. The van der Waals surface area contributed by atoms with E-state index >= 15 is 0 Å². The molecule has 1 N–H and O–H groups in total. The third-order valence-corrected chi connectivity index (χ3v) is 3.63. The van der Waals surface area contributed by atoms with Crippen LogP contribution in [0.1, 0.15) is 43.9 Å². The lowest BCUT2D eigenvalue weighted by Gasteiger charge is -2.20. The topological polar surface area (TPSA) is 21.3 Å². The maximum absolute atomic E-state index is 13.5. The molecule has 0 aliphatic rings. The predicted molar refractivity (Wildman–Crippen MR) is 85.5 cm³/mol. The Morgan fingerprint density at radius 3 is 2.43 bits per heavy atom. The average molecular weight is 287 g/mol. The zero-order valence-corrected chi connectivity index (χ0v) is 13.0. The molecule has 0 amide bonds. The number of para-hydroxylation sites is 1. The van der Waals surface area contributed by atoms with Gasteiger partial charge in [-0.25, -0.2) is 4.39 Å². The monoisotopic (exact) mass is 287 g/mol. The molecule has 2 aromatic carbocycles. The summed E-state index contributed by atoms with van der Waals surface area (Å²) < 4.78 is 18.5. The Morgan fingerprint density at radius 2 is 1.76 bits per heavy atom. The molecular weight excluding hydrogens is 265 g/mol. The fourth-order valence-electron chi connectivity index (χ4n) is 2.39. The number of benzene rings is 2. The van der Waals surface area contributed by atoms with E-state index in [1.807, 2.05) is 12.1 Å². The molecule has 3 heteroatoms. The molecule has 0 heterocycles. The second-order valence-electron chi connectivity index (χ2n) is 5.50. The zero-order chi connectivity index (χ0) is 15.4. The Hall–Kier alpha value is -2.03. The van der Waals surface area contributed by atoms with Crippen LogP contribution in [0.5, 0.6) is 5.75 Å². The minimum atomic E-state index is -0.337. The maximum Gasteiger partial charge on any atom is 0.165 e. The Labute approximate surface area is 126 Å². The molecule has 0 saturated heterocycles. The molecule has 0 fully saturated rings. The number of anilines is 1. The van der Waals surface area contributed by atoms with E-state index < -0.39 is 0 Å². The molecule has 0 spiro atoms. The summed E-state index contributed by atoms with van der Waals surface area (Å²) in [7, 11) is 1.48. The lowest BCUT2D eigenvalue weighted by molar-refractivity contribution is 0.385. The Morgan fingerprint density at radius 1 is 1.05 bits per heavy atom. The van der Waals surface area contributed by atoms with E-state index in [1.54, 1.807) is 12.1 Å². The molecule has 1 unspecified atom stereocenters. The lowest BCUT2D eigenvalue weighted by atomic mass is 10.00. The van der Waals surface area contributed by atoms with Crippen LogP contribution in [-0.4, -0.2) is 7.11 Å². The van der Waals surface area contributed by atoms with Gasteiger partial charge in [-0.05, 0) is 42.2 Å². The number of hydrogen-bond donors (Lipinski definition) is 1. The van der Waals surface area contributed by atoms with Gasteiger partial charge in [-0.1, -0.05) is 38.1 Å². The second-order valence-corrected chi connectivity index (χ2v) is 5.50. The minimum absolute atomic E-state index is 0.0689. The summed E-state index contributed by atoms with van der Waals surface area (Å²) in [6.45, 7) is 6.40. The van der Waals surface area contributed by atoms with Crippen molar-refractivity contribution < 1.29 is 9.13 Å². The van der Waals surface area contributed by atoms with E-state index in [2.05, 4.69) is 38.2 Å². The average Bonchev–Trinajstić information content (AvgIpc) is 2.48. The summed E-state index contributed by atoms with van der Waals surface area (Å²) in [5.74, 6) is 0.387. The minimum Gasteiger partial charge on any atom is -0.494 e. The Kier molecular flexibility index (Phi) is 4.84. The third kappa shape index (κ3) is 3.54. The first-order valence-corrected chi connectivity index (χ1v) is 7.21. The first-order valence-electron chi connectivity index (χ1n) is 7.21. The molecule has 112 valence electrons. The van der Waals surface area contributed by atoms with Crippen LogP contribution in [0.4, 0.5) is 10.1 Å². The van der Waals surface area contributed by atoms with Crippen LogP contribution < -0.4 is 10.1 Å². The summed E-state index contributed by atoms with van der Waals surface area (Å²) in [6, 6.07) is 13.3. The number of rotatable bonds is 5. The van der Waals surface area contributed by atoms with Crippen molar-refractivity contribution in [1.29, 1.82) is 0 Å². The van der Waals surface area contributed by atoms with Crippen molar-refractivity contribution in [3.63, 3.8) is 0 Å². The molecule has 0 bridgehead atoms. The van der Waals surface area contributed by atoms with Gasteiger partial charge in [0.2, 0.25) is 0 Å². The van der Waals surface area contributed by atoms with Crippen LogP contribution in [-0.2, 0) is 0 Å². The summed E-state index contributed by atoms with van der Waals surface area (Å²) >= 11 is 0. The quantitative estimate of drug-likeness (QED) is 0.823. The van der Waals surface area contributed by atoms with Crippen LogP contribution in [0.25, 0.3) is 0 Å². The van der Waals surface area contributed by atoms with Gasteiger partial charge in [-0.3, -0.25) is 0 Å². The van der Waals surface area contributed by atoms with Crippen molar-refractivity contribution in [3.8, 4) is 5.75 Å². The van der Waals surface area contributed by atoms with Gasteiger partial charge in [0.05, 0.1) is 7.11 Å². The molecule has 1 atom stereocenters. The van der Waals surface area contributed by atoms with E-state index in [-0.39, 0.29) is 17.6 Å². The first-order chi connectivity index (χ1) is 10.0. The molecule has 2 rings (SSSR count). The zero-order valence-electron chi connectivity index (χ0n) is 13.0. The maximum atomic E-state index is 13.5. The summed E-state index contributed by atoms with van der Waals surface area (Å²) in [5.41, 5.74) is 3.38.